The lowest BCUT2D eigenvalue weighted by atomic mass is 10.1. The Morgan fingerprint density at radius 3 is 2.23 bits per heavy atom. The van der Waals surface area contributed by atoms with Gasteiger partial charge in [0.2, 0.25) is 5.91 Å². The number of hydrogen-bond acceptors (Lipinski definition) is 4. The average Bonchev–Trinajstić information content (AvgIpc) is 3.35. The van der Waals surface area contributed by atoms with Gasteiger partial charge in [0, 0.05) is 17.7 Å². The number of hydrogen-bond donors (Lipinski definition) is 2. The van der Waals surface area contributed by atoms with Crippen molar-refractivity contribution in [2.45, 2.75) is 26.1 Å². The molecule has 4 aromatic rings. The van der Waals surface area contributed by atoms with E-state index >= 15 is 0 Å². The summed E-state index contributed by atoms with van der Waals surface area (Å²) in [6.45, 7) is 2.92. The maximum Gasteiger partial charge on any atom is 0.418 e. The van der Waals surface area contributed by atoms with E-state index in [1.165, 1.54) is 12.1 Å². The standard InChI is InChI=1S/C29H28F3N5O3/c1-19(2)36(28(39)33-24-12-8-7-11-23(24)29(30,31)32)18-27(38)34-26-17-25(20-9-5-4-6-10-20)35-37(26)21-13-15-22(40-3)16-14-21/h4-17,19H,18H2,1-3H3,(H,33,39)(H,34,38). The van der Waals surface area contributed by atoms with Gasteiger partial charge in [-0.2, -0.15) is 18.3 Å². The molecule has 0 spiro atoms. The molecule has 0 radical (unpaired) electrons. The third kappa shape index (κ3) is 6.60. The van der Waals surface area contributed by atoms with Crippen LogP contribution in [0.15, 0.2) is 84.9 Å². The van der Waals surface area contributed by atoms with E-state index in [0.717, 1.165) is 22.6 Å². The Morgan fingerprint density at radius 2 is 1.60 bits per heavy atom. The molecule has 1 heterocycles. The highest BCUT2D eigenvalue weighted by Gasteiger charge is 2.34. The Bertz CT molecular complexity index is 1470. The highest BCUT2D eigenvalue weighted by atomic mass is 19.4. The summed E-state index contributed by atoms with van der Waals surface area (Å²) >= 11 is 0. The monoisotopic (exact) mass is 551 g/mol. The van der Waals surface area contributed by atoms with Crippen molar-refractivity contribution in [1.82, 2.24) is 14.7 Å². The topological polar surface area (TPSA) is 88.5 Å². The van der Waals surface area contributed by atoms with E-state index in [-0.39, 0.29) is 0 Å². The fourth-order valence-corrected chi connectivity index (χ4v) is 3.99. The minimum atomic E-state index is -4.65. The molecule has 0 aliphatic carbocycles. The van der Waals surface area contributed by atoms with Gasteiger partial charge in [0.15, 0.2) is 0 Å². The molecule has 0 bridgehead atoms. The second kappa shape index (κ2) is 11.9. The summed E-state index contributed by atoms with van der Waals surface area (Å²) in [6.07, 6.45) is -4.65. The first kappa shape index (κ1) is 28.2. The molecule has 2 N–H and O–H groups in total. The van der Waals surface area contributed by atoms with Crippen LogP contribution in [0.4, 0.5) is 29.5 Å². The molecule has 3 amide bonds. The summed E-state index contributed by atoms with van der Waals surface area (Å²) in [6, 6.07) is 21.5. The maximum absolute atomic E-state index is 13.4. The quantitative estimate of drug-likeness (QED) is 0.264. The van der Waals surface area contributed by atoms with Crippen molar-refractivity contribution in [1.29, 1.82) is 0 Å². The first-order chi connectivity index (χ1) is 19.1. The van der Waals surface area contributed by atoms with Gasteiger partial charge in [0.1, 0.15) is 18.1 Å². The second-order valence-corrected chi connectivity index (χ2v) is 9.13. The van der Waals surface area contributed by atoms with Crippen molar-refractivity contribution >= 4 is 23.4 Å². The predicted molar refractivity (Wildman–Crippen MR) is 146 cm³/mol. The molecule has 208 valence electrons. The summed E-state index contributed by atoms with van der Waals surface area (Å²) in [5.41, 5.74) is 0.718. The van der Waals surface area contributed by atoms with Crippen LogP contribution in [0.3, 0.4) is 0 Å². The number of carbonyl (C=O) groups is 2. The van der Waals surface area contributed by atoms with Gasteiger partial charge in [-0.1, -0.05) is 42.5 Å². The van der Waals surface area contributed by atoms with Gasteiger partial charge in [-0.3, -0.25) is 4.79 Å². The Kier molecular flexibility index (Phi) is 8.42. The van der Waals surface area contributed by atoms with Crippen LogP contribution in [0.5, 0.6) is 5.75 Å². The number of amides is 3. The number of alkyl halides is 3. The first-order valence-electron chi connectivity index (χ1n) is 12.4. The zero-order chi connectivity index (χ0) is 28.9. The number of anilines is 2. The van der Waals surface area contributed by atoms with Gasteiger partial charge >= 0.3 is 12.2 Å². The lowest BCUT2D eigenvalue weighted by Crippen LogP contribution is -2.45. The van der Waals surface area contributed by atoms with Crippen molar-refractivity contribution < 1.29 is 27.5 Å². The van der Waals surface area contributed by atoms with Crippen LogP contribution in [0.25, 0.3) is 16.9 Å². The highest BCUT2D eigenvalue weighted by molar-refractivity contribution is 5.97. The maximum atomic E-state index is 13.4. The Hall–Kier alpha value is -4.80. The van der Waals surface area contributed by atoms with Crippen molar-refractivity contribution in [3.63, 3.8) is 0 Å². The molecule has 0 aliphatic heterocycles. The molecule has 8 nitrogen and oxygen atoms in total. The van der Waals surface area contributed by atoms with Crippen molar-refractivity contribution in [2.24, 2.45) is 0 Å². The fourth-order valence-electron chi connectivity index (χ4n) is 3.99. The lowest BCUT2D eigenvalue weighted by Gasteiger charge is -2.27. The molecular formula is C29H28F3N5O3. The number of carbonyl (C=O) groups excluding carboxylic acids is 2. The Labute approximate surface area is 229 Å². The van der Waals surface area contributed by atoms with E-state index in [1.54, 1.807) is 56.0 Å². The largest absolute Gasteiger partial charge is 0.497 e. The average molecular weight is 552 g/mol. The van der Waals surface area contributed by atoms with E-state index in [4.69, 9.17) is 4.74 Å². The number of nitrogens with zero attached hydrogens (tertiary/aromatic N) is 3. The summed E-state index contributed by atoms with van der Waals surface area (Å²) < 4.78 is 47.0. The molecule has 0 saturated carbocycles. The zero-order valence-corrected chi connectivity index (χ0v) is 22.1. The van der Waals surface area contributed by atoms with Crippen LogP contribution < -0.4 is 15.4 Å². The number of nitrogens with one attached hydrogen (secondary N) is 2. The number of halogens is 3. The number of aromatic nitrogens is 2. The van der Waals surface area contributed by atoms with E-state index in [2.05, 4.69) is 15.7 Å². The number of methoxy groups -OCH3 is 1. The van der Waals surface area contributed by atoms with E-state index in [9.17, 15) is 22.8 Å². The van der Waals surface area contributed by atoms with Crippen molar-refractivity contribution in [2.75, 3.05) is 24.3 Å². The summed E-state index contributed by atoms with van der Waals surface area (Å²) in [5, 5.41) is 9.75. The predicted octanol–water partition coefficient (Wildman–Crippen LogP) is 6.45. The smallest absolute Gasteiger partial charge is 0.418 e. The molecule has 0 aliphatic rings. The molecule has 11 heteroatoms. The highest BCUT2D eigenvalue weighted by Crippen LogP contribution is 2.34. The number of benzene rings is 3. The lowest BCUT2D eigenvalue weighted by molar-refractivity contribution is -0.137. The summed E-state index contributed by atoms with van der Waals surface area (Å²) in [5.74, 6) is 0.443. The molecular weight excluding hydrogens is 523 g/mol. The third-order valence-electron chi connectivity index (χ3n) is 6.04. The molecule has 0 fully saturated rings. The van der Waals surface area contributed by atoms with Crippen molar-refractivity contribution in [3.05, 3.63) is 90.5 Å². The van der Waals surface area contributed by atoms with Crippen molar-refractivity contribution in [3.8, 4) is 22.7 Å². The normalized spacial score (nSPS) is 11.3. The number of ether oxygens (including phenoxy) is 1. The van der Waals surface area contributed by atoms with Gasteiger partial charge in [0.05, 0.1) is 29.7 Å². The van der Waals surface area contributed by atoms with Gasteiger partial charge in [-0.25, -0.2) is 9.48 Å². The number of rotatable bonds is 8. The van der Waals surface area contributed by atoms with Crippen LogP contribution in [-0.2, 0) is 11.0 Å². The van der Waals surface area contributed by atoms with Gasteiger partial charge in [0.25, 0.3) is 0 Å². The van der Waals surface area contributed by atoms with Crippen LogP contribution >= 0.6 is 0 Å². The minimum Gasteiger partial charge on any atom is -0.497 e. The molecule has 4 rings (SSSR count). The summed E-state index contributed by atoms with van der Waals surface area (Å²) in [4.78, 5) is 27.3. The van der Waals surface area contributed by atoms with E-state index in [0.29, 0.717) is 22.9 Å². The fraction of sp³-hybridized carbons (Fsp3) is 0.207. The summed E-state index contributed by atoms with van der Waals surface area (Å²) in [7, 11) is 1.56. The molecule has 0 unspecified atom stereocenters. The minimum absolute atomic E-state index is 0.348. The van der Waals surface area contributed by atoms with Crippen LogP contribution in [-0.4, -0.2) is 46.3 Å². The number of urea groups is 1. The van der Waals surface area contributed by atoms with Crippen LogP contribution in [0, 0.1) is 0 Å². The van der Waals surface area contributed by atoms with Gasteiger partial charge < -0.3 is 20.3 Å². The first-order valence-corrected chi connectivity index (χ1v) is 12.4. The molecule has 0 atom stereocenters. The SMILES string of the molecule is COc1ccc(-n2nc(-c3ccccc3)cc2NC(=O)CN(C(=O)Nc2ccccc2C(F)(F)F)C(C)C)cc1. The Balaban J connectivity index is 1.57. The van der Waals surface area contributed by atoms with E-state index < -0.39 is 42.0 Å². The van der Waals surface area contributed by atoms with Gasteiger partial charge in [-0.15, -0.1) is 0 Å². The number of para-hydroxylation sites is 1. The van der Waals surface area contributed by atoms with Crippen LogP contribution in [0.2, 0.25) is 0 Å². The van der Waals surface area contributed by atoms with E-state index in [1.807, 2.05) is 30.3 Å². The molecule has 0 saturated heterocycles. The third-order valence-corrected chi connectivity index (χ3v) is 6.04. The molecule has 40 heavy (non-hydrogen) atoms. The molecule has 3 aromatic carbocycles. The van der Waals surface area contributed by atoms with Crippen LogP contribution in [0.1, 0.15) is 19.4 Å². The Morgan fingerprint density at radius 1 is 0.950 bits per heavy atom. The second-order valence-electron chi connectivity index (χ2n) is 9.13. The zero-order valence-electron chi connectivity index (χ0n) is 22.1. The van der Waals surface area contributed by atoms with Gasteiger partial charge in [-0.05, 0) is 50.2 Å². The molecule has 1 aromatic heterocycles.